The number of rotatable bonds is 9. The van der Waals surface area contributed by atoms with Gasteiger partial charge in [-0.05, 0) is 38.2 Å². The van der Waals surface area contributed by atoms with Gasteiger partial charge in [0.1, 0.15) is 11.6 Å². The molecule has 1 spiro atoms. The van der Waals surface area contributed by atoms with Crippen LogP contribution in [-0.4, -0.2) is 65.3 Å². The van der Waals surface area contributed by atoms with Crippen LogP contribution >= 0.6 is 0 Å². The number of unbranched alkanes of at least 4 members (excludes halogenated alkanes) is 1. The standard InChI is InChI=1S/C23H30N2O6/c1-2-30-22(29)17-16-10-11-23(31-16)18(17)21(28)25(12-6-7-13-26)19(23)20(27)24-14-15-8-4-3-5-9-15/h3-5,8-9,16-19,26H,2,6-7,10-14H2,1H3,(H,24,27)/t16-,17+,18-,19?,23?/m0/s1. The molecule has 0 radical (unpaired) electrons. The average Bonchev–Trinajstić information content (AvgIpc) is 3.41. The second kappa shape index (κ2) is 8.96. The van der Waals surface area contributed by atoms with Gasteiger partial charge >= 0.3 is 5.97 Å². The first-order valence-electron chi connectivity index (χ1n) is 11.1. The minimum atomic E-state index is -1.00. The zero-order valence-electron chi connectivity index (χ0n) is 17.8. The fourth-order valence-electron chi connectivity index (χ4n) is 5.48. The first-order valence-corrected chi connectivity index (χ1v) is 11.1. The highest BCUT2D eigenvalue weighted by Crippen LogP contribution is 2.58. The number of nitrogens with zero attached hydrogens (tertiary/aromatic N) is 1. The van der Waals surface area contributed by atoms with Crippen LogP contribution in [0.5, 0.6) is 0 Å². The summed E-state index contributed by atoms with van der Waals surface area (Å²) < 4.78 is 11.5. The fraction of sp³-hybridized carbons (Fsp3) is 0.609. The molecule has 31 heavy (non-hydrogen) atoms. The number of hydrogen-bond donors (Lipinski definition) is 2. The van der Waals surface area contributed by atoms with E-state index in [-0.39, 0.29) is 25.0 Å². The number of likely N-dealkylation sites (tertiary alicyclic amines) is 1. The van der Waals surface area contributed by atoms with Crippen molar-refractivity contribution in [3.63, 3.8) is 0 Å². The van der Waals surface area contributed by atoms with E-state index in [9.17, 15) is 14.4 Å². The van der Waals surface area contributed by atoms with Crippen molar-refractivity contribution < 1.29 is 29.0 Å². The number of hydrogen-bond acceptors (Lipinski definition) is 6. The van der Waals surface area contributed by atoms with Gasteiger partial charge in [0, 0.05) is 19.7 Å². The Morgan fingerprint density at radius 1 is 1.29 bits per heavy atom. The number of fused-ring (bicyclic) bond motifs is 1. The third kappa shape index (κ3) is 3.72. The van der Waals surface area contributed by atoms with Crippen molar-refractivity contribution in [3.8, 4) is 0 Å². The molecule has 0 aliphatic carbocycles. The number of nitrogens with one attached hydrogen (secondary N) is 1. The summed E-state index contributed by atoms with van der Waals surface area (Å²) in [7, 11) is 0. The topological polar surface area (TPSA) is 105 Å². The molecule has 0 saturated carbocycles. The Kier molecular flexibility index (Phi) is 6.29. The molecular formula is C23H30N2O6. The van der Waals surface area contributed by atoms with Crippen LogP contribution in [0.4, 0.5) is 0 Å². The first kappa shape index (κ1) is 21.8. The normalized spacial score (nSPS) is 31.0. The average molecular weight is 431 g/mol. The van der Waals surface area contributed by atoms with Crippen LogP contribution < -0.4 is 5.32 Å². The van der Waals surface area contributed by atoms with Crippen LogP contribution in [0.2, 0.25) is 0 Å². The number of carbonyl (C=O) groups is 3. The maximum atomic E-state index is 13.5. The van der Waals surface area contributed by atoms with E-state index in [1.54, 1.807) is 11.8 Å². The van der Waals surface area contributed by atoms with Crippen LogP contribution in [0.3, 0.4) is 0 Å². The van der Waals surface area contributed by atoms with E-state index in [1.807, 2.05) is 30.3 Å². The number of aliphatic hydroxyl groups excluding tert-OH is 1. The number of benzene rings is 1. The third-order valence-electron chi connectivity index (χ3n) is 6.72. The lowest BCUT2D eigenvalue weighted by atomic mass is 9.71. The van der Waals surface area contributed by atoms with Crippen LogP contribution in [-0.2, 0) is 30.4 Å². The van der Waals surface area contributed by atoms with Gasteiger partial charge in [-0.2, -0.15) is 0 Å². The van der Waals surface area contributed by atoms with Gasteiger partial charge in [0.15, 0.2) is 0 Å². The number of aliphatic hydroxyl groups is 1. The highest BCUT2D eigenvalue weighted by molar-refractivity contribution is 5.98. The molecule has 2 unspecified atom stereocenters. The second-order valence-electron chi connectivity index (χ2n) is 8.47. The lowest BCUT2D eigenvalue weighted by molar-refractivity contribution is -0.154. The second-order valence-corrected chi connectivity index (χ2v) is 8.47. The van der Waals surface area contributed by atoms with E-state index in [4.69, 9.17) is 14.6 Å². The smallest absolute Gasteiger partial charge is 0.312 e. The first-order chi connectivity index (χ1) is 15.0. The summed E-state index contributed by atoms with van der Waals surface area (Å²) in [5.41, 5.74) is -0.0406. The maximum absolute atomic E-state index is 13.5. The highest BCUT2D eigenvalue weighted by Gasteiger charge is 2.74. The molecule has 1 aromatic rings. The summed E-state index contributed by atoms with van der Waals surface area (Å²) in [6.45, 7) is 2.67. The number of ether oxygens (including phenoxy) is 2. The quantitative estimate of drug-likeness (QED) is 0.448. The van der Waals surface area contributed by atoms with Crippen LogP contribution in [0.25, 0.3) is 0 Å². The van der Waals surface area contributed by atoms with Gasteiger partial charge in [0.2, 0.25) is 11.8 Å². The Morgan fingerprint density at radius 2 is 2.06 bits per heavy atom. The van der Waals surface area contributed by atoms with Gasteiger partial charge in [-0.1, -0.05) is 30.3 Å². The molecule has 5 atom stereocenters. The Balaban J connectivity index is 1.60. The van der Waals surface area contributed by atoms with Crippen molar-refractivity contribution in [2.45, 2.75) is 56.9 Å². The molecular weight excluding hydrogens is 400 g/mol. The summed E-state index contributed by atoms with van der Waals surface area (Å²) in [5.74, 6) is -2.29. The van der Waals surface area contributed by atoms with Crippen molar-refractivity contribution in [3.05, 3.63) is 35.9 Å². The van der Waals surface area contributed by atoms with E-state index < -0.39 is 35.6 Å². The van der Waals surface area contributed by atoms with Gasteiger partial charge in [0.25, 0.3) is 0 Å². The molecule has 4 rings (SSSR count). The van der Waals surface area contributed by atoms with Gasteiger partial charge < -0.3 is 24.8 Å². The van der Waals surface area contributed by atoms with E-state index in [0.717, 1.165) is 5.56 Å². The number of esters is 1. The van der Waals surface area contributed by atoms with E-state index in [1.165, 1.54) is 0 Å². The number of carbonyl (C=O) groups excluding carboxylic acids is 3. The summed E-state index contributed by atoms with van der Waals surface area (Å²) in [4.78, 5) is 41.1. The Bertz CT molecular complexity index is 831. The summed E-state index contributed by atoms with van der Waals surface area (Å²) in [5, 5.41) is 12.1. The molecule has 0 aromatic heterocycles. The fourth-order valence-corrected chi connectivity index (χ4v) is 5.48. The molecule has 1 aromatic carbocycles. The molecule has 2 amide bonds. The van der Waals surface area contributed by atoms with E-state index >= 15 is 0 Å². The molecule has 3 aliphatic heterocycles. The maximum Gasteiger partial charge on any atom is 0.312 e. The Labute approximate surface area is 181 Å². The lowest BCUT2D eigenvalue weighted by Gasteiger charge is -2.33. The monoisotopic (exact) mass is 430 g/mol. The molecule has 168 valence electrons. The lowest BCUT2D eigenvalue weighted by Crippen LogP contribution is -2.55. The summed E-state index contributed by atoms with van der Waals surface area (Å²) >= 11 is 0. The summed E-state index contributed by atoms with van der Waals surface area (Å²) in [6, 6.07) is 8.78. The predicted octanol–water partition coefficient (Wildman–Crippen LogP) is 1.01. The molecule has 2 N–H and O–H groups in total. The van der Waals surface area contributed by atoms with Crippen LogP contribution in [0, 0.1) is 11.8 Å². The number of amides is 2. The minimum absolute atomic E-state index is 0.0193. The van der Waals surface area contributed by atoms with Crippen molar-refractivity contribution in [2.75, 3.05) is 19.8 Å². The van der Waals surface area contributed by atoms with E-state index in [2.05, 4.69) is 5.32 Å². The van der Waals surface area contributed by atoms with E-state index in [0.29, 0.717) is 38.8 Å². The van der Waals surface area contributed by atoms with Crippen LogP contribution in [0.15, 0.2) is 30.3 Å². The summed E-state index contributed by atoms with van der Waals surface area (Å²) in [6.07, 6.45) is 1.90. The van der Waals surface area contributed by atoms with Gasteiger partial charge in [-0.25, -0.2) is 0 Å². The van der Waals surface area contributed by atoms with Gasteiger partial charge in [-0.3, -0.25) is 14.4 Å². The highest BCUT2D eigenvalue weighted by atomic mass is 16.6. The van der Waals surface area contributed by atoms with Gasteiger partial charge in [0.05, 0.1) is 24.5 Å². The van der Waals surface area contributed by atoms with Crippen molar-refractivity contribution in [2.24, 2.45) is 11.8 Å². The van der Waals surface area contributed by atoms with Crippen molar-refractivity contribution in [1.82, 2.24) is 10.2 Å². The molecule has 3 aliphatic rings. The zero-order valence-corrected chi connectivity index (χ0v) is 17.8. The van der Waals surface area contributed by atoms with Gasteiger partial charge in [-0.15, -0.1) is 0 Å². The zero-order chi connectivity index (χ0) is 22.0. The molecule has 8 nitrogen and oxygen atoms in total. The Hall–Kier alpha value is -2.45. The Morgan fingerprint density at radius 3 is 2.77 bits per heavy atom. The largest absolute Gasteiger partial charge is 0.466 e. The molecule has 3 fully saturated rings. The molecule has 3 saturated heterocycles. The predicted molar refractivity (Wildman–Crippen MR) is 111 cm³/mol. The molecule has 3 heterocycles. The molecule has 2 bridgehead atoms. The van der Waals surface area contributed by atoms with Crippen LogP contribution in [0.1, 0.15) is 38.2 Å². The third-order valence-corrected chi connectivity index (χ3v) is 6.72. The van der Waals surface area contributed by atoms with Crippen molar-refractivity contribution in [1.29, 1.82) is 0 Å². The SMILES string of the molecule is CCOC(=O)[C@@H]1[C@@H]2CCC3(O2)C(C(=O)NCc2ccccc2)N(CCCCO)C(=O)[C@H]13. The molecule has 8 heteroatoms. The minimum Gasteiger partial charge on any atom is -0.466 e. The van der Waals surface area contributed by atoms with Crippen molar-refractivity contribution >= 4 is 17.8 Å².